The first-order valence-corrected chi connectivity index (χ1v) is 8.97. The molecule has 1 aliphatic heterocycles. The number of hydrogen-bond acceptors (Lipinski definition) is 4. The largest absolute Gasteiger partial charge is 0.449 e. The van der Waals surface area contributed by atoms with Crippen molar-refractivity contribution < 1.29 is 9.53 Å². The van der Waals surface area contributed by atoms with Crippen molar-refractivity contribution >= 4 is 22.8 Å². The molecule has 0 aliphatic carbocycles. The van der Waals surface area contributed by atoms with Gasteiger partial charge in [0.05, 0.1) is 19.2 Å². The Kier molecular flexibility index (Phi) is 5.53. The molecule has 5 heteroatoms. The number of nitrogens with zero attached hydrogens (tertiary/aromatic N) is 2. The molecule has 1 amide bonds. The molecule has 0 saturated carbocycles. The Morgan fingerprint density at radius 1 is 1.24 bits per heavy atom. The predicted octanol–water partition coefficient (Wildman–Crippen LogP) is 4.10. The number of carbonyl (C=O) groups is 1. The van der Waals surface area contributed by atoms with Crippen LogP contribution in [0.15, 0.2) is 47.5 Å². The second-order valence-electron chi connectivity index (χ2n) is 6.15. The van der Waals surface area contributed by atoms with Crippen LogP contribution in [0.5, 0.6) is 0 Å². The minimum Gasteiger partial charge on any atom is -0.449 e. The van der Waals surface area contributed by atoms with Crippen molar-refractivity contribution in [3.8, 4) is 0 Å². The highest BCUT2D eigenvalue weighted by Gasteiger charge is 2.30. The Morgan fingerprint density at radius 3 is 2.84 bits per heavy atom. The number of likely N-dealkylation sites (N-methyl/N-ethyl adjacent to an activating group) is 1. The smallest absolute Gasteiger partial charge is 0.413 e. The lowest BCUT2D eigenvalue weighted by molar-refractivity contribution is 0.148. The third-order valence-corrected chi connectivity index (χ3v) is 4.53. The van der Waals surface area contributed by atoms with Gasteiger partial charge in [0, 0.05) is 6.54 Å². The molecule has 1 unspecified atom stereocenters. The Hall–Kier alpha value is -2.56. The number of guanidine groups is 1. The lowest BCUT2D eigenvalue weighted by Crippen LogP contribution is -2.42. The molecule has 1 aliphatic rings. The number of hydrogen-bond donors (Lipinski definition) is 1. The highest BCUT2D eigenvalue weighted by Crippen LogP contribution is 2.31. The molecule has 0 saturated heterocycles. The van der Waals surface area contributed by atoms with E-state index in [0.717, 1.165) is 19.4 Å². The lowest BCUT2D eigenvalue weighted by atomic mass is 9.98. The maximum Gasteiger partial charge on any atom is 0.413 e. The number of nitrogens with one attached hydrogen (secondary N) is 1. The van der Waals surface area contributed by atoms with Gasteiger partial charge in [0.2, 0.25) is 5.96 Å². The van der Waals surface area contributed by atoms with Gasteiger partial charge in [-0.05, 0) is 29.7 Å². The molecule has 0 spiro atoms. The maximum atomic E-state index is 12.0. The lowest BCUT2D eigenvalue weighted by Gasteiger charge is -2.27. The highest BCUT2D eigenvalue weighted by atomic mass is 16.5. The van der Waals surface area contributed by atoms with E-state index in [0.29, 0.717) is 19.1 Å². The van der Waals surface area contributed by atoms with E-state index in [1.54, 1.807) is 0 Å². The Bertz CT molecular complexity index is 767. The van der Waals surface area contributed by atoms with E-state index in [2.05, 4.69) is 65.5 Å². The standard InChI is InChI=1S/C20H25N3O2/c1-3-5-13-25-20(24)22-19-21-14-18(23(19)4-2)17-12-8-10-15-9-6-7-11-16(15)17/h6-12,18H,3-5,13-14H2,1-2H3,(H,21,22,24). The maximum absolute atomic E-state index is 12.0. The van der Waals surface area contributed by atoms with E-state index in [9.17, 15) is 4.79 Å². The first-order valence-electron chi connectivity index (χ1n) is 8.97. The summed E-state index contributed by atoms with van der Waals surface area (Å²) < 4.78 is 5.19. The van der Waals surface area contributed by atoms with Crippen LogP contribution in [0.2, 0.25) is 0 Å². The molecule has 3 rings (SSSR count). The predicted molar refractivity (Wildman–Crippen MR) is 101 cm³/mol. The third kappa shape index (κ3) is 3.76. The average molecular weight is 339 g/mol. The number of ether oxygens (including phenoxy) is 1. The second kappa shape index (κ2) is 8.01. The highest BCUT2D eigenvalue weighted by molar-refractivity contribution is 5.96. The van der Waals surface area contributed by atoms with Gasteiger partial charge in [-0.1, -0.05) is 55.8 Å². The molecule has 0 bridgehead atoms. The topological polar surface area (TPSA) is 53.9 Å². The fourth-order valence-electron chi connectivity index (χ4n) is 3.24. The van der Waals surface area contributed by atoms with Crippen LogP contribution >= 0.6 is 0 Å². The molecule has 0 fully saturated rings. The normalized spacial score (nSPS) is 16.8. The second-order valence-corrected chi connectivity index (χ2v) is 6.15. The molecule has 1 heterocycles. The number of unbranched alkanes of at least 4 members (excludes halogenated alkanes) is 1. The summed E-state index contributed by atoms with van der Waals surface area (Å²) in [5, 5.41) is 5.25. The number of amides is 1. The molecule has 2 aromatic rings. The van der Waals surface area contributed by atoms with Gasteiger partial charge in [0.25, 0.3) is 0 Å². The van der Waals surface area contributed by atoms with E-state index in [4.69, 9.17) is 4.74 Å². The molecule has 0 radical (unpaired) electrons. The zero-order valence-corrected chi connectivity index (χ0v) is 14.9. The fraction of sp³-hybridized carbons (Fsp3) is 0.400. The van der Waals surface area contributed by atoms with Crippen molar-refractivity contribution in [3.05, 3.63) is 48.0 Å². The van der Waals surface area contributed by atoms with Crippen molar-refractivity contribution in [1.29, 1.82) is 0 Å². The summed E-state index contributed by atoms with van der Waals surface area (Å²) in [6.45, 7) is 5.97. The summed E-state index contributed by atoms with van der Waals surface area (Å²) in [4.78, 5) is 18.6. The van der Waals surface area contributed by atoms with Gasteiger partial charge < -0.3 is 9.64 Å². The van der Waals surface area contributed by atoms with Crippen LogP contribution < -0.4 is 5.32 Å². The summed E-state index contributed by atoms with van der Waals surface area (Å²) in [6, 6.07) is 14.8. The van der Waals surface area contributed by atoms with Crippen LogP contribution in [-0.4, -0.2) is 36.6 Å². The molecule has 1 atom stereocenters. The van der Waals surface area contributed by atoms with Crippen LogP contribution in [0.1, 0.15) is 38.3 Å². The average Bonchev–Trinajstić information content (AvgIpc) is 3.03. The van der Waals surface area contributed by atoms with Gasteiger partial charge in [0.15, 0.2) is 0 Å². The Balaban J connectivity index is 1.75. The van der Waals surface area contributed by atoms with Crippen LogP contribution in [-0.2, 0) is 4.74 Å². The quantitative estimate of drug-likeness (QED) is 0.835. The molecule has 2 aromatic carbocycles. The summed E-state index contributed by atoms with van der Waals surface area (Å²) in [5.41, 5.74) is 1.24. The van der Waals surface area contributed by atoms with Crippen LogP contribution in [0.4, 0.5) is 4.79 Å². The van der Waals surface area contributed by atoms with E-state index < -0.39 is 6.09 Å². The number of rotatable bonds is 5. The third-order valence-electron chi connectivity index (χ3n) is 4.53. The molecule has 0 aromatic heterocycles. The van der Waals surface area contributed by atoms with Crippen LogP contribution in [0.25, 0.3) is 10.8 Å². The van der Waals surface area contributed by atoms with E-state index in [1.165, 1.54) is 16.3 Å². The van der Waals surface area contributed by atoms with Crippen molar-refractivity contribution in [1.82, 2.24) is 10.2 Å². The zero-order valence-electron chi connectivity index (χ0n) is 14.9. The number of aliphatic imine (C=N–C) groups is 1. The van der Waals surface area contributed by atoms with Crippen molar-refractivity contribution in [2.45, 2.75) is 32.7 Å². The van der Waals surface area contributed by atoms with E-state index >= 15 is 0 Å². The van der Waals surface area contributed by atoms with Crippen LogP contribution in [0.3, 0.4) is 0 Å². The first-order chi connectivity index (χ1) is 12.2. The molecular formula is C20H25N3O2. The monoisotopic (exact) mass is 339 g/mol. The Labute approximate surface area is 148 Å². The minimum absolute atomic E-state index is 0.127. The number of benzene rings is 2. The van der Waals surface area contributed by atoms with E-state index in [1.807, 2.05) is 6.07 Å². The van der Waals surface area contributed by atoms with Gasteiger partial charge in [0.1, 0.15) is 0 Å². The summed E-state index contributed by atoms with van der Waals surface area (Å²) in [5.74, 6) is 0.599. The minimum atomic E-state index is -0.427. The summed E-state index contributed by atoms with van der Waals surface area (Å²) in [7, 11) is 0. The van der Waals surface area contributed by atoms with Gasteiger partial charge in [-0.15, -0.1) is 0 Å². The molecule has 1 N–H and O–H groups in total. The van der Waals surface area contributed by atoms with Crippen LogP contribution in [0, 0.1) is 0 Å². The SMILES string of the molecule is CCCCOC(=O)NC1=NCC(c2cccc3ccccc23)N1CC. The van der Waals surface area contributed by atoms with Crippen molar-refractivity contribution in [3.63, 3.8) is 0 Å². The zero-order chi connectivity index (χ0) is 17.6. The Morgan fingerprint density at radius 2 is 2.04 bits per heavy atom. The molecule has 25 heavy (non-hydrogen) atoms. The molecular weight excluding hydrogens is 314 g/mol. The first kappa shape index (κ1) is 17.3. The fourth-order valence-corrected chi connectivity index (χ4v) is 3.24. The number of alkyl carbamates (subject to hydrolysis) is 1. The van der Waals surface area contributed by atoms with Gasteiger partial charge in [-0.25, -0.2) is 4.79 Å². The van der Waals surface area contributed by atoms with E-state index in [-0.39, 0.29) is 6.04 Å². The van der Waals surface area contributed by atoms with Crippen molar-refractivity contribution in [2.24, 2.45) is 4.99 Å². The number of fused-ring (bicyclic) bond motifs is 1. The molecule has 5 nitrogen and oxygen atoms in total. The summed E-state index contributed by atoms with van der Waals surface area (Å²) >= 11 is 0. The van der Waals surface area contributed by atoms with Crippen molar-refractivity contribution in [2.75, 3.05) is 19.7 Å². The number of carbonyl (C=O) groups excluding carboxylic acids is 1. The van der Waals surface area contributed by atoms with Gasteiger partial charge in [-0.3, -0.25) is 10.3 Å². The summed E-state index contributed by atoms with van der Waals surface area (Å²) in [6.07, 6.45) is 1.44. The van der Waals surface area contributed by atoms with Gasteiger partial charge in [-0.2, -0.15) is 0 Å². The molecule has 132 valence electrons. The van der Waals surface area contributed by atoms with Gasteiger partial charge >= 0.3 is 6.09 Å².